The van der Waals surface area contributed by atoms with Crippen molar-refractivity contribution in [2.24, 2.45) is 0 Å². The maximum absolute atomic E-state index is 12.4. The third kappa shape index (κ3) is 4.00. The minimum atomic E-state index is -0.229. The van der Waals surface area contributed by atoms with E-state index in [-0.39, 0.29) is 11.9 Å². The van der Waals surface area contributed by atoms with E-state index in [0.29, 0.717) is 16.2 Å². The minimum Gasteiger partial charge on any atom is -0.297 e. The Morgan fingerprint density at radius 3 is 2.69 bits per heavy atom. The van der Waals surface area contributed by atoms with Gasteiger partial charge in [-0.15, -0.1) is 5.10 Å². The maximum atomic E-state index is 12.4. The molecule has 8 heteroatoms. The van der Waals surface area contributed by atoms with E-state index >= 15 is 0 Å². The second-order valence-electron chi connectivity index (χ2n) is 6.13. The van der Waals surface area contributed by atoms with Gasteiger partial charge in [-0.05, 0) is 29.8 Å². The van der Waals surface area contributed by atoms with Gasteiger partial charge in [-0.25, -0.2) is 4.52 Å². The summed E-state index contributed by atoms with van der Waals surface area (Å²) in [6.45, 7) is 3.17. The largest absolute Gasteiger partial charge is 0.297 e. The lowest BCUT2D eigenvalue weighted by Crippen LogP contribution is -2.31. The first-order chi connectivity index (χ1) is 12.7. The smallest absolute Gasteiger partial charge is 0.258 e. The molecule has 134 valence electrons. The molecule has 0 radical (unpaired) electrons. The summed E-state index contributed by atoms with van der Waals surface area (Å²) in [6.07, 6.45) is 1.65. The third-order valence-corrected chi connectivity index (χ3v) is 5.41. The van der Waals surface area contributed by atoms with Gasteiger partial charge in [-0.3, -0.25) is 15.0 Å². The highest BCUT2D eigenvalue weighted by molar-refractivity contribution is 7.99. The highest BCUT2D eigenvalue weighted by Gasteiger charge is 2.13. The Bertz CT molecular complexity index is 921. The number of pyridine rings is 1. The van der Waals surface area contributed by atoms with Crippen molar-refractivity contribution >= 4 is 40.9 Å². The van der Waals surface area contributed by atoms with Gasteiger partial charge in [0.25, 0.3) is 5.91 Å². The molecular weight excluding hydrogens is 370 g/mol. The number of nitrogens with one attached hydrogen (secondary N) is 1. The summed E-state index contributed by atoms with van der Waals surface area (Å²) in [7, 11) is 0. The average molecular weight is 388 g/mol. The molecule has 3 heterocycles. The fourth-order valence-corrected chi connectivity index (χ4v) is 4.00. The van der Waals surface area contributed by atoms with Crippen LogP contribution in [0.3, 0.4) is 0 Å². The van der Waals surface area contributed by atoms with E-state index in [1.807, 2.05) is 36.0 Å². The Hall–Kier alpha value is -2.09. The lowest BCUT2D eigenvalue weighted by molar-refractivity contribution is 0.102. The van der Waals surface area contributed by atoms with Crippen LogP contribution in [-0.2, 0) is 6.54 Å². The SMILES string of the molecule is O=C(Nc1nc2ccc(Cl)cn2n1)c1ccc(CN2CCSCC2)cc1. The van der Waals surface area contributed by atoms with Crippen LogP contribution in [0.2, 0.25) is 5.02 Å². The van der Waals surface area contributed by atoms with Gasteiger partial charge in [0.1, 0.15) is 0 Å². The minimum absolute atomic E-state index is 0.229. The Kier molecular flexibility index (Phi) is 5.10. The Labute approximate surface area is 160 Å². The molecule has 0 unspecified atom stereocenters. The van der Waals surface area contributed by atoms with Gasteiger partial charge < -0.3 is 0 Å². The Balaban J connectivity index is 1.42. The number of thioether (sulfide) groups is 1. The molecule has 1 saturated heterocycles. The first-order valence-electron chi connectivity index (χ1n) is 8.40. The van der Waals surface area contributed by atoms with E-state index < -0.39 is 0 Å². The van der Waals surface area contributed by atoms with Crippen LogP contribution in [0.5, 0.6) is 0 Å². The summed E-state index contributed by atoms with van der Waals surface area (Å²) in [6, 6.07) is 11.2. The normalized spacial score (nSPS) is 15.3. The average Bonchev–Trinajstić information content (AvgIpc) is 3.04. The van der Waals surface area contributed by atoms with Gasteiger partial charge in [-0.1, -0.05) is 23.7 Å². The number of amides is 1. The molecule has 1 aliphatic rings. The molecule has 1 N–H and O–H groups in total. The summed E-state index contributed by atoms with van der Waals surface area (Å²) in [5.74, 6) is 2.41. The van der Waals surface area contributed by atoms with Crippen LogP contribution in [0.1, 0.15) is 15.9 Å². The van der Waals surface area contributed by atoms with Crippen LogP contribution in [0.15, 0.2) is 42.6 Å². The number of halogens is 1. The molecule has 0 saturated carbocycles. The zero-order valence-corrected chi connectivity index (χ0v) is 15.6. The van der Waals surface area contributed by atoms with Gasteiger partial charge in [0.15, 0.2) is 5.65 Å². The summed E-state index contributed by atoms with van der Waals surface area (Å²) < 4.78 is 1.54. The Morgan fingerprint density at radius 2 is 1.92 bits per heavy atom. The van der Waals surface area contributed by atoms with Gasteiger partial charge in [-0.2, -0.15) is 16.7 Å². The zero-order chi connectivity index (χ0) is 17.9. The number of nitrogens with zero attached hydrogens (tertiary/aromatic N) is 4. The number of anilines is 1. The molecule has 1 amide bonds. The first-order valence-corrected chi connectivity index (χ1v) is 9.93. The molecular formula is C18H18ClN5OS. The van der Waals surface area contributed by atoms with Crippen molar-refractivity contribution in [3.63, 3.8) is 0 Å². The van der Waals surface area contributed by atoms with E-state index in [0.717, 1.165) is 19.6 Å². The topological polar surface area (TPSA) is 62.5 Å². The number of carbonyl (C=O) groups excluding carboxylic acids is 1. The fourth-order valence-electron chi connectivity index (χ4n) is 2.86. The number of hydrogen-bond donors (Lipinski definition) is 1. The van der Waals surface area contributed by atoms with E-state index in [9.17, 15) is 4.79 Å². The molecule has 0 atom stereocenters. The summed E-state index contributed by atoms with van der Waals surface area (Å²) in [5, 5.41) is 7.50. The van der Waals surface area contributed by atoms with Crippen molar-refractivity contribution in [3.8, 4) is 0 Å². The molecule has 0 aliphatic carbocycles. The van der Waals surface area contributed by atoms with Crippen molar-refractivity contribution in [2.45, 2.75) is 6.54 Å². The van der Waals surface area contributed by atoms with Gasteiger partial charge in [0.05, 0.1) is 5.02 Å². The highest BCUT2D eigenvalue weighted by Crippen LogP contribution is 2.15. The quantitative estimate of drug-likeness (QED) is 0.744. The standard InChI is InChI=1S/C18H18ClN5OS/c19-15-5-6-16-20-18(22-24(16)12-15)21-17(25)14-3-1-13(2-4-14)11-23-7-9-26-10-8-23/h1-6,12H,7-11H2,(H,21,22,25). The molecule has 2 aromatic heterocycles. The number of fused-ring (bicyclic) bond motifs is 1. The van der Waals surface area contributed by atoms with Crippen LogP contribution >= 0.6 is 23.4 Å². The van der Waals surface area contributed by atoms with Crippen LogP contribution in [-0.4, -0.2) is 50.0 Å². The number of carbonyl (C=O) groups is 1. The summed E-state index contributed by atoms with van der Waals surface area (Å²) >= 11 is 7.94. The molecule has 0 bridgehead atoms. The van der Waals surface area contributed by atoms with Crippen molar-refractivity contribution in [1.29, 1.82) is 0 Å². The second-order valence-corrected chi connectivity index (χ2v) is 7.79. The van der Waals surface area contributed by atoms with E-state index in [2.05, 4.69) is 20.3 Å². The van der Waals surface area contributed by atoms with Crippen molar-refractivity contribution < 1.29 is 4.79 Å². The summed E-state index contributed by atoms with van der Waals surface area (Å²) in [5.41, 5.74) is 2.42. The fraction of sp³-hybridized carbons (Fsp3) is 0.278. The molecule has 4 rings (SSSR count). The van der Waals surface area contributed by atoms with Gasteiger partial charge in [0.2, 0.25) is 5.95 Å². The lowest BCUT2D eigenvalue weighted by atomic mass is 10.1. The zero-order valence-electron chi connectivity index (χ0n) is 14.1. The van der Waals surface area contributed by atoms with Crippen LogP contribution in [0.25, 0.3) is 5.65 Å². The van der Waals surface area contributed by atoms with Crippen molar-refractivity contribution in [1.82, 2.24) is 19.5 Å². The molecule has 6 nitrogen and oxygen atoms in total. The number of rotatable bonds is 4. The number of aromatic nitrogens is 3. The van der Waals surface area contributed by atoms with E-state index in [1.54, 1.807) is 18.3 Å². The molecule has 1 aliphatic heterocycles. The molecule has 1 aromatic carbocycles. The molecule has 3 aromatic rings. The maximum Gasteiger partial charge on any atom is 0.258 e. The predicted molar refractivity (Wildman–Crippen MR) is 105 cm³/mol. The monoisotopic (exact) mass is 387 g/mol. The van der Waals surface area contributed by atoms with Crippen LogP contribution < -0.4 is 5.32 Å². The predicted octanol–water partition coefficient (Wildman–Crippen LogP) is 3.18. The Morgan fingerprint density at radius 1 is 1.15 bits per heavy atom. The molecule has 0 spiro atoms. The van der Waals surface area contributed by atoms with E-state index in [4.69, 9.17) is 11.6 Å². The first kappa shape index (κ1) is 17.3. The number of benzene rings is 1. The number of hydrogen-bond acceptors (Lipinski definition) is 5. The van der Waals surface area contributed by atoms with Gasteiger partial charge in [0, 0.05) is 42.9 Å². The van der Waals surface area contributed by atoms with Gasteiger partial charge >= 0.3 is 0 Å². The molecule has 1 fully saturated rings. The molecule has 26 heavy (non-hydrogen) atoms. The third-order valence-electron chi connectivity index (χ3n) is 4.25. The van der Waals surface area contributed by atoms with Crippen molar-refractivity contribution in [3.05, 3.63) is 58.7 Å². The van der Waals surface area contributed by atoms with Crippen LogP contribution in [0.4, 0.5) is 5.95 Å². The van der Waals surface area contributed by atoms with E-state index in [1.165, 1.54) is 21.6 Å². The lowest BCUT2D eigenvalue weighted by Gasteiger charge is -2.26. The highest BCUT2D eigenvalue weighted by atomic mass is 35.5. The summed E-state index contributed by atoms with van der Waals surface area (Å²) in [4.78, 5) is 19.1. The van der Waals surface area contributed by atoms with Crippen LogP contribution in [0, 0.1) is 0 Å². The van der Waals surface area contributed by atoms with Crippen molar-refractivity contribution in [2.75, 3.05) is 29.9 Å². The second kappa shape index (κ2) is 7.65.